The number of fused-ring (bicyclic) bond motifs is 3. The lowest BCUT2D eigenvalue weighted by Crippen LogP contribution is -2.23. The van der Waals surface area contributed by atoms with Crippen LogP contribution < -0.4 is 5.56 Å². The molecule has 0 aliphatic rings. The molecule has 156 valence electrons. The zero-order valence-corrected chi connectivity index (χ0v) is 18.7. The molecule has 0 spiro atoms. The van der Waals surface area contributed by atoms with Crippen LogP contribution in [0, 0.1) is 0 Å². The van der Waals surface area contributed by atoms with Crippen LogP contribution in [0.1, 0.15) is 29.6 Å². The molecule has 5 aromatic rings. The van der Waals surface area contributed by atoms with E-state index in [9.17, 15) is 4.79 Å². The van der Waals surface area contributed by atoms with E-state index >= 15 is 0 Å². The number of nitrogens with zero attached hydrogens (tertiary/aromatic N) is 5. The Bertz CT molecular complexity index is 1400. The van der Waals surface area contributed by atoms with Gasteiger partial charge in [0.1, 0.15) is 0 Å². The Morgan fingerprint density at radius 3 is 2.68 bits per heavy atom. The number of thioether (sulfide) groups is 1. The van der Waals surface area contributed by atoms with Crippen LogP contribution in [0.25, 0.3) is 16.7 Å². The quantitative estimate of drug-likeness (QED) is 0.336. The second kappa shape index (κ2) is 8.64. The fourth-order valence-corrected chi connectivity index (χ4v) is 5.42. The van der Waals surface area contributed by atoms with Gasteiger partial charge in [0.15, 0.2) is 5.16 Å². The van der Waals surface area contributed by atoms with Gasteiger partial charge in [0.2, 0.25) is 5.78 Å². The SMILES string of the molecule is CCCn1c(=O)c2ccccc2n2c(SCc3csc(Cc4ccccc4)n3)nnc12. The molecule has 6 nitrogen and oxygen atoms in total. The van der Waals surface area contributed by atoms with E-state index < -0.39 is 0 Å². The predicted molar refractivity (Wildman–Crippen MR) is 126 cm³/mol. The minimum Gasteiger partial charge on any atom is -0.276 e. The van der Waals surface area contributed by atoms with Crippen molar-refractivity contribution in [2.75, 3.05) is 0 Å². The van der Waals surface area contributed by atoms with E-state index in [1.54, 1.807) is 27.7 Å². The summed E-state index contributed by atoms with van der Waals surface area (Å²) in [6.07, 6.45) is 1.70. The van der Waals surface area contributed by atoms with Crippen molar-refractivity contribution >= 4 is 39.8 Å². The summed E-state index contributed by atoms with van der Waals surface area (Å²) in [5.74, 6) is 1.30. The average Bonchev–Trinajstić information content (AvgIpc) is 3.43. The van der Waals surface area contributed by atoms with Crippen molar-refractivity contribution in [3.05, 3.63) is 86.6 Å². The van der Waals surface area contributed by atoms with Crippen LogP contribution in [0.2, 0.25) is 0 Å². The largest absolute Gasteiger partial charge is 0.276 e. The Kier molecular flexibility index (Phi) is 5.57. The summed E-state index contributed by atoms with van der Waals surface area (Å²) < 4.78 is 3.72. The van der Waals surface area contributed by atoms with Gasteiger partial charge in [-0.1, -0.05) is 61.2 Å². The van der Waals surface area contributed by atoms with E-state index in [2.05, 4.69) is 46.8 Å². The van der Waals surface area contributed by atoms with Gasteiger partial charge in [-0.15, -0.1) is 21.5 Å². The molecule has 0 bridgehead atoms. The standard InChI is InChI=1S/C23H21N5OS2/c1-2-12-27-21(29)18-10-6-7-11-19(18)28-22(27)25-26-23(28)31-15-17-14-30-20(24-17)13-16-8-4-3-5-9-16/h3-11,14H,2,12-13,15H2,1H3. The van der Waals surface area contributed by atoms with E-state index in [1.165, 1.54) is 5.56 Å². The molecule has 8 heteroatoms. The molecule has 2 aromatic carbocycles. The molecule has 0 aliphatic carbocycles. The van der Waals surface area contributed by atoms with E-state index in [4.69, 9.17) is 4.98 Å². The van der Waals surface area contributed by atoms with Crippen molar-refractivity contribution in [1.82, 2.24) is 24.1 Å². The van der Waals surface area contributed by atoms with Crippen LogP contribution in [0.4, 0.5) is 0 Å². The third kappa shape index (κ3) is 3.88. The van der Waals surface area contributed by atoms with Gasteiger partial charge in [0.25, 0.3) is 5.56 Å². The number of benzene rings is 2. The molecule has 3 heterocycles. The zero-order valence-electron chi connectivity index (χ0n) is 17.1. The molecule has 0 fully saturated rings. The lowest BCUT2D eigenvalue weighted by Gasteiger charge is -2.10. The molecular formula is C23H21N5OS2. The van der Waals surface area contributed by atoms with Crippen LogP contribution in [0.3, 0.4) is 0 Å². The first-order valence-electron chi connectivity index (χ1n) is 10.2. The van der Waals surface area contributed by atoms with Gasteiger partial charge >= 0.3 is 0 Å². The van der Waals surface area contributed by atoms with Crippen molar-refractivity contribution in [2.45, 2.75) is 37.2 Å². The number of hydrogen-bond donors (Lipinski definition) is 0. The normalized spacial score (nSPS) is 11.5. The van der Waals surface area contributed by atoms with Gasteiger partial charge in [-0.3, -0.25) is 13.8 Å². The highest BCUT2D eigenvalue weighted by molar-refractivity contribution is 7.98. The van der Waals surface area contributed by atoms with Crippen molar-refractivity contribution in [1.29, 1.82) is 0 Å². The summed E-state index contributed by atoms with van der Waals surface area (Å²) in [6.45, 7) is 2.67. The summed E-state index contributed by atoms with van der Waals surface area (Å²) >= 11 is 3.28. The maximum atomic E-state index is 12.9. The first kappa shape index (κ1) is 20.0. The third-order valence-corrected chi connectivity index (χ3v) is 6.93. The first-order chi connectivity index (χ1) is 15.2. The highest BCUT2D eigenvalue weighted by atomic mass is 32.2. The number of aromatic nitrogens is 5. The topological polar surface area (TPSA) is 65.1 Å². The molecule has 0 amide bonds. The molecule has 0 radical (unpaired) electrons. The Morgan fingerprint density at radius 1 is 1.03 bits per heavy atom. The Morgan fingerprint density at radius 2 is 1.84 bits per heavy atom. The monoisotopic (exact) mass is 447 g/mol. The maximum Gasteiger partial charge on any atom is 0.262 e. The van der Waals surface area contributed by atoms with Crippen LogP contribution >= 0.6 is 23.1 Å². The lowest BCUT2D eigenvalue weighted by molar-refractivity contribution is 0.662. The third-order valence-electron chi connectivity index (χ3n) is 5.07. The Labute approximate surface area is 187 Å². The minimum atomic E-state index is -0.0149. The number of thiazole rings is 1. The van der Waals surface area contributed by atoms with E-state index in [1.807, 2.05) is 34.7 Å². The molecule has 0 saturated heterocycles. The van der Waals surface area contributed by atoms with E-state index in [0.717, 1.165) is 34.2 Å². The van der Waals surface area contributed by atoms with Crippen LogP contribution in [-0.2, 0) is 18.7 Å². The second-order valence-electron chi connectivity index (χ2n) is 7.28. The van der Waals surface area contributed by atoms with Crippen LogP contribution in [-0.4, -0.2) is 24.1 Å². The van der Waals surface area contributed by atoms with Gasteiger partial charge < -0.3 is 0 Å². The molecule has 0 N–H and O–H groups in total. The summed E-state index contributed by atoms with van der Waals surface area (Å²) in [5, 5.41) is 13.4. The van der Waals surface area contributed by atoms with Crippen LogP contribution in [0.5, 0.6) is 0 Å². The predicted octanol–water partition coefficient (Wildman–Crippen LogP) is 4.79. The van der Waals surface area contributed by atoms with Gasteiger partial charge in [0, 0.05) is 24.1 Å². The van der Waals surface area contributed by atoms with Crippen molar-refractivity contribution < 1.29 is 0 Å². The molecule has 0 aliphatic heterocycles. The minimum absolute atomic E-state index is 0.0149. The summed E-state index contributed by atoms with van der Waals surface area (Å²) in [7, 11) is 0. The molecular weight excluding hydrogens is 426 g/mol. The molecule has 0 atom stereocenters. The fraction of sp³-hybridized carbons (Fsp3) is 0.217. The summed E-state index contributed by atoms with van der Waals surface area (Å²) in [4.78, 5) is 17.7. The molecule has 5 rings (SSSR count). The zero-order chi connectivity index (χ0) is 21.2. The van der Waals surface area contributed by atoms with Gasteiger partial charge in [0.05, 0.1) is 21.6 Å². The lowest BCUT2D eigenvalue weighted by atomic mass is 10.2. The molecule has 0 saturated carbocycles. The highest BCUT2D eigenvalue weighted by Gasteiger charge is 2.16. The summed E-state index contributed by atoms with van der Waals surface area (Å²) in [5.41, 5.74) is 3.12. The average molecular weight is 448 g/mol. The molecule has 3 aromatic heterocycles. The fourth-order valence-electron chi connectivity index (χ4n) is 3.66. The Balaban J connectivity index is 1.45. The van der Waals surface area contributed by atoms with Gasteiger partial charge in [-0.25, -0.2) is 4.98 Å². The number of hydrogen-bond acceptors (Lipinski definition) is 6. The van der Waals surface area contributed by atoms with Crippen molar-refractivity contribution in [2.24, 2.45) is 0 Å². The molecule has 0 unspecified atom stereocenters. The van der Waals surface area contributed by atoms with Crippen molar-refractivity contribution in [3.8, 4) is 0 Å². The van der Waals surface area contributed by atoms with Crippen molar-refractivity contribution in [3.63, 3.8) is 0 Å². The highest BCUT2D eigenvalue weighted by Crippen LogP contribution is 2.26. The maximum absolute atomic E-state index is 12.9. The van der Waals surface area contributed by atoms with E-state index in [-0.39, 0.29) is 5.56 Å². The van der Waals surface area contributed by atoms with Gasteiger partial charge in [-0.05, 0) is 24.1 Å². The van der Waals surface area contributed by atoms with E-state index in [0.29, 0.717) is 23.5 Å². The number of aryl methyl sites for hydroxylation is 1. The van der Waals surface area contributed by atoms with Crippen LogP contribution in [0.15, 0.2) is 69.9 Å². The number of rotatable bonds is 7. The first-order valence-corrected chi connectivity index (χ1v) is 12.1. The smallest absolute Gasteiger partial charge is 0.262 e. The molecule has 31 heavy (non-hydrogen) atoms. The van der Waals surface area contributed by atoms with Gasteiger partial charge in [-0.2, -0.15) is 0 Å². The number of para-hydroxylation sites is 1. The Hall–Kier alpha value is -2.97. The second-order valence-corrected chi connectivity index (χ2v) is 9.16. The summed E-state index contributed by atoms with van der Waals surface area (Å²) in [6, 6.07) is 18.0.